The van der Waals surface area contributed by atoms with Crippen molar-refractivity contribution in [1.82, 2.24) is 0 Å². The maximum atomic E-state index is 12.7. The molecule has 0 saturated heterocycles. The number of hydrogen-bond acceptors (Lipinski definition) is 2. The molecule has 0 atom stereocenters. The quantitative estimate of drug-likeness (QED) is 0.820. The van der Waals surface area contributed by atoms with Crippen molar-refractivity contribution in [1.29, 1.82) is 0 Å². The van der Waals surface area contributed by atoms with Gasteiger partial charge in [-0.1, -0.05) is 18.5 Å². The fourth-order valence-electron chi connectivity index (χ4n) is 1.99. The Labute approximate surface area is 136 Å². The second kappa shape index (κ2) is 7.08. The minimum atomic E-state index is -4.49. The van der Waals surface area contributed by atoms with Gasteiger partial charge in [-0.15, -0.1) is 0 Å². The van der Waals surface area contributed by atoms with Crippen molar-refractivity contribution in [3.63, 3.8) is 0 Å². The maximum Gasteiger partial charge on any atom is 0.416 e. The van der Waals surface area contributed by atoms with Crippen molar-refractivity contribution >= 4 is 23.2 Å². The van der Waals surface area contributed by atoms with Gasteiger partial charge in [0, 0.05) is 19.3 Å². The smallest absolute Gasteiger partial charge is 0.416 e. The number of aryl methyl sites for hydroxylation is 2. The molecule has 3 nitrogen and oxygen atoms in total. The molecule has 2 rings (SSSR count). The third-order valence-electron chi connectivity index (χ3n) is 3.23. The highest BCUT2D eigenvalue weighted by atomic mass is 35.5. The van der Waals surface area contributed by atoms with Gasteiger partial charge >= 0.3 is 6.18 Å². The van der Waals surface area contributed by atoms with Crippen LogP contribution in [0.3, 0.4) is 0 Å². The van der Waals surface area contributed by atoms with Crippen molar-refractivity contribution in [2.45, 2.75) is 32.4 Å². The molecule has 1 N–H and O–H groups in total. The molecule has 0 aliphatic heterocycles. The van der Waals surface area contributed by atoms with E-state index in [-0.39, 0.29) is 17.1 Å². The van der Waals surface area contributed by atoms with Gasteiger partial charge in [-0.05, 0) is 30.3 Å². The molecule has 0 saturated carbocycles. The normalized spacial score (nSPS) is 11.5. The Balaban J connectivity index is 1.99. The summed E-state index contributed by atoms with van der Waals surface area (Å²) in [5.74, 6) is 1.05. The number of amides is 1. The number of anilines is 1. The van der Waals surface area contributed by atoms with E-state index < -0.39 is 17.6 Å². The number of carbonyl (C=O) groups excluding carboxylic acids is 1. The van der Waals surface area contributed by atoms with Gasteiger partial charge in [-0.2, -0.15) is 13.2 Å². The molecule has 0 spiro atoms. The van der Waals surface area contributed by atoms with Gasteiger partial charge in [0.15, 0.2) is 0 Å². The lowest BCUT2D eigenvalue weighted by molar-refractivity contribution is -0.137. The van der Waals surface area contributed by atoms with Crippen LogP contribution in [0.5, 0.6) is 0 Å². The van der Waals surface area contributed by atoms with E-state index in [9.17, 15) is 18.0 Å². The molecule has 1 aromatic carbocycles. The van der Waals surface area contributed by atoms with E-state index in [1.165, 1.54) is 0 Å². The van der Waals surface area contributed by atoms with Gasteiger partial charge in [0.2, 0.25) is 5.91 Å². The van der Waals surface area contributed by atoms with E-state index in [2.05, 4.69) is 5.32 Å². The third-order valence-corrected chi connectivity index (χ3v) is 3.56. The molecule has 7 heteroatoms. The summed E-state index contributed by atoms with van der Waals surface area (Å²) in [4.78, 5) is 11.9. The topological polar surface area (TPSA) is 42.2 Å². The van der Waals surface area contributed by atoms with Crippen LogP contribution in [0.1, 0.15) is 30.4 Å². The maximum absolute atomic E-state index is 12.7. The van der Waals surface area contributed by atoms with Crippen LogP contribution in [0.2, 0.25) is 5.02 Å². The lowest BCUT2D eigenvalue weighted by Crippen LogP contribution is -2.14. The predicted molar refractivity (Wildman–Crippen MR) is 81.5 cm³/mol. The summed E-state index contributed by atoms with van der Waals surface area (Å²) in [6.45, 7) is 1.95. The molecule has 1 aromatic heterocycles. The van der Waals surface area contributed by atoms with Gasteiger partial charge in [0.1, 0.15) is 11.5 Å². The van der Waals surface area contributed by atoms with Gasteiger partial charge in [0.05, 0.1) is 16.3 Å². The van der Waals surface area contributed by atoms with E-state index >= 15 is 0 Å². The number of halogens is 4. The Bertz CT molecular complexity index is 695. The minimum Gasteiger partial charge on any atom is -0.466 e. The van der Waals surface area contributed by atoms with Crippen molar-refractivity contribution in [2.75, 3.05) is 5.32 Å². The molecule has 0 unspecified atom stereocenters. The van der Waals surface area contributed by atoms with E-state index in [4.69, 9.17) is 16.0 Å². The van der Waals surface area contributed by atoms with Gasteiger partial charge < -0.3 is 9.73 Å². The minimum absolute atomic E-state index is 0.0533. The second-order valence-corrected chi connectivity index (χ2v) is 5.37. The van der Waals surface area contributed by atoms with Crippen molar-refractivity contribution in [2.24, 2.45) is 0 Å². The first-order chi connectivity index (χ1) is 10.8. The Kier molecular flexibility index (Phi) is 5.36. The first-order valence-corrected chi connectivity index (χ1v) is 7.41. The van der Waals surface area contributed by atoms with Gasteiger partial charge in [0.25, 0.3) is 0 Å². The lowest BCUT2D eigenvalue weighted by atomic mass is 10.2. The summed E-state index contributed by atoms with van der Waals surface area (Å²) in [6.07, 6.45) is -3.29. The highest BCUT2D eigenvalue weighted by Crippen LogP contribution is 2.33. The SMILES string of the molecule is CCc1ccc(CCC(=O)Nc2cc(C(F)(F)F)ccc2Cl)o1. The van der Waals surface area contributed by atoms with E-state index in [0.29, 0.717) is 12.2 Å². The highest BCUT2D eigenvalue weighted by molar-refractivity contribution is 6.33. The summed E-state index contributed by atoms with van der Waals surface area (Å²) in [7, 11) is 0. The van der Waals surface area contributed by atoms with Gasteiger partial charge in [-0.25, -0.2) is 0 Å². The molecule has 124 valence electrons. The molecule has 0 aliphatic carbocycles. The zero-order valence-electron chi connectivity index (χ0n) is 12.3. The molecular formula is C16H15ClF3NO2. The molecule has 1 amide bonds. The second-order valence-electron chi connectivity index (χ2n) is 4.96. The van der Waals surface area contributed by atoms with Crippen LogP contribution < -0.4 is 5.32 Å². The standard InChI is InChI=1S/C16H15ClF3NO2/c1-2-11-4-5-12(23-11)6-8-15(22)21-14-9-10(16(18,19)20)3-7-13(14)17/h3-5,7,9H,2,6,8H2,1H3,(H,21,22). The first-order valence-electron chi connectivity index (χ1n) is 7.03. The average molecular weight is 346 g/mol. The van der Waals surface area contributed by atoms with E-state index in [1.54, 1.807) is 6.07 Å². The van der Waals surface area contributed by atoms with Crippen LogP contribution in [0.4, 0.5) is 18.9 Å². The highest BCUT2D eigenvalue weighted by Gasteiger charge is 2.31. The molecule has 0 radical (unpaired) electrons. The van der Waals surface area contributed by atoms with Crippen molar-refractivity contribution < 1.29 is 22.4 Å². The fraction of sp³-hybridized carbons (Fsp3) is 0.312. The molecule has 0 aliphatic rings. The zero-order valence-corrected chi connectivity index (χ0v) is 13.1. The molecule has 23 heavy (non-hydrogen) atoms. The number of furan rings is 1. The number of alkyl halides is 3. The van der Waals surface area contributed by atoms with Crippen LogP contribution in [-0.2, 0) is 23.8 Å². The number of rotatable bonds is 5. The Morgan fingerprint density at radius 3 is 2.52 bits per heavy atom. The fourth-order valence-corrected chi connectivity index (χ4v) is 2.16. The van der Waals surface area contributed by atoms with E-state index in [1.807, 2.05) is 13.0 Å². The summed E-state index contributed by atoms with van der Waals surface area (Å²) >= 11 is 5.83. The number of nitrogens with one attached hydrogen (secondary N) is 1. The largest absolute Gasteiger partial charge is 0.466 e. The first kappa shape index (κ1) is 17.4. The Hall–Kier alpha value is -1.95. The molecule has 1 heterocycles. The van der Waals surface area contributed by atoms with Crippen LogP contribution >= 0.6 is 11.6 Å². The third kappa shape index (κ3) is 4.76. The predicted octanol–water partition coefficient (Wildman–Crippen LogP) is 5.09. The molecule has 0 fully saturated rings. The number of carbonyl (C=O) groups is 1. The Morgan fingerprint density at radius 2 is 1.91 bits per heavy atom. The zero-order chi connectivity index (χ0) is 17.0. The number of benzene rings is 1. The van der Waals surface area contributed by atoms with Crippen LogP contribution in [0.25, 0.3) is 0 Å². The monoisotopic (exact) mass is 345 g/mol. The summed E-state index contributed by atoms with van der Waals surface area (Å²) in [6, 6.07) is 6.41. The Morgan fingerprint density at radius 1 is 1.22 bits per heavy atom. The lowest BCUT2D eigenvalue weighted by Gasteiger charge is -2.11. The van der Waals surface area contributed by atoms with Gasteiger partial charge in [-0.3, -0.25) is 4.79 Å². The molecule has 0 bridgehead atoms. The molecule has 2 aromatic rings. The van der Waals surface area contributed by atoms with Crippen LogP contribution in [0, 0.1) is 0 Å². The summed E-state index contributed by atoms with van der Waals surface area (Å²) in [5.41, 5.74) is -0.920. The summed E-state index contributed by atoms with van der Waals surface area (Å²) in [5, 5.41) is 2.45. The van der Waals surface area contributed by atoms with Crippen LogP contribution in [-0.4, -0.2) is 5.91 Å². The van der Waals surface area contributed by atoms with Crippen LogP contribution in [0.15, 0.2) is 34.7 Å². The summed E-state index contributed by atoms with van der Waals surface area (Å²) < 4.78 is 43.5. The average Bonchev–Trinajstić information content (AvgIpc) is 2.94. The van der Waals surface area contributed by atoms with Crippen molar-refractivity contribution in [3.8, 4) is 0 Å². The number of hydrogen-bond donors (Lipinski definition) is 1. The van der Waals surface area contributed by atoms with Crippen molar-refractivity contribution in [3.05, 3.63) is 52.4 Å². The van der Waals surface area contributed by atoms with E-state index in [0.717, 1.165) is 30.4 Å². The molecular weight excluding hydrogens is 331 g/mol.